The Morgan fingerprint density at radius 1 is 1.33 bits per heavy atom. The number of nitrogens with zero attached hydrogens (tertiary/aromatic N) is 1. The van der Waals surface area contributed by atoms with E-state index in [1.807, 2.05) is 29.5 Å². The van der Waals surface area contributed by atoms with Gasteiger partial charge in [-0.3, -0.25) is 0 Å². The van der Waals surface area contributed by atoms with Crippen LogP contribution in [0.4, 0.5) is 0 Å². The number of rotatable bonds is 7. The minimum Gasteiger partial charge on any atom is -0.312 e. The minimum atomic E-state index is 0.466. The number of hydrogen-bond acceptors (Lipinski definition) is 3. The lowest BCUT2D eigenvalue weighted by atomic mass is 10.1. The molecule has 0 bridgehead atoms. The lowest BCUT2D eigenvalue weighted by Crippen LogP contribution is -2.14. The molecule has 0 saturated carbocycles. The lowest BCUT2D eigenvalue weighted by molar-refractivity contribution is 0.670. The van der Waals surface area contributed by atoms with Crippen molar-refractivity contribution in [2.75, 3.05) is 6.54 Å². The topological polar surface area (TPSA) is 24.9 Å². The number of thiazole rings is 1. The molecule has 1 heterocycles. The molecule has 1 N–H and O–H groups in total. The van der Waals surface area contributed by atoms with Crippen LogP contribution < -0.4 is 5.32 Å². The molecule has 0 amide bonds. The molecule has 2 nitrogen and oxygen atoms in total. The van der Waals surface area contributed by atoms with E-state index in [1.54, 1.807) is 0 Å². The van der Waals surface area contributed by atoms with Gasteiger partial charge in [0.1, 0.15) is 0 Å². The van der Waals surface area contributed by atoms with Crippen LogP contribution in [0.1, 0.15) is 54.3 Å². The second-order valence-corrected chi connectivity index (χ2v) is 7.16. The quantitative estimate of drug-likeness (QED) is 0.725. The smallest absolute Gasteiger partial charge is 0.0975 e. The monoisotopic (exact) mass is 322 g/mol. The van der Waals surface area contributed by atoms with Crippen LogP contribution >= 0.6 is 22.9 Å². The molecule has 2 rings (SSSR count). The van der Waals surface area contributed by atoms with E-state index in [-0.39, 0.29) is 0 Å². The standard InChI is InChI=1S/C17H23ClN2S/c1-4-8-19-11-15-17(12(2)3)20-16(21-15)10-13-6-5-7-14(18)9-13/h5-7,9,12,19H,4,8,10-11H2,1-3H3. The molecule has 1 aromatic carbocycles. The molecule has 2 aromatic rings. The third kappa shape index (κ3) is 4.80. The Kier molecular flexibility index (Phi) is 6.22. The predicted molar refractivity (Wildman–Crippen MR) is 92.5 cm³/mol. The van der Waals surface area contributed by atoms with Gasteiger partial charge in [-0.25, -0.2) is 4.98 Å². The van der Waals surface area contributed by atoms with Gasteiger partial charge < -0.3 is 5.32 Å². The highest BCUT2D eigenvalue weighted by molar-refractivity contribution is 7.11. The molecule has 114 valence electrons. The predicted octanol–water partition coefficient (Wildman–Crippen LogP) is 5.01. The van der Waals surface area contributed by atoms with Crippen LogP contribution in [0.15, 0.2) is 24.3 Å². The fourth-order valence-electron chi connectivity index (χ4n) is 2.27. The summed E-state index contributed by atoms with van der Waals surface area (Å²) in [7, 11) is 0. The van der Waals surface area contributed by atoms with E-state index in [1.165, 1.54) is 21.1 Å². The van der Waals surface area contributed by atoms with Gasteiger partial charge in [0.25, 0.3) is 0 Å². The third-order valence-electron chi connectivity index (χ3n) is 3.28. The summed E-state index contributed by atoms with van der Waals surface area (Å²) in [6.45, 7) is 8.59. The molecule has 1 aromatic heterocycles. The first kappa shape index (κ1) is 16.5. The summed E-state index contributed by atoms with van der Waals surface area (Å²) < 4.78 is 0. The van der Waals surface area contributed by atoms with E-state index in [0.29, 0.717) is 5.92 Å². The number of hydrogen-bond donors (Lipinski definition) is 1. The van der Waals surface area contributed by atoms with Crippen molar-refractivity contribution >= 4 is 22.9 Å². The van der Waals surface area contributed by atoms with Crippen LogP contribution in [-0.2, 0) is 13.0 Å². The Balaban J connectivity index is 2.14. The van der Waals surface area contributed by atoms with Crippen molar-refractivity contribution in [3.8, 4) is 0 Å². The Hall–Kier alpha value is -0.900. The summed E-state index contributed by atoms with van der Waals surface area (Å²) in [4.78, 5) is 6.22. The van der Waals surface area contributed by atoms with Gasteiger partial charge in [0, 0.05) is 22.9 Å². The van der Waals surface area contributed by atoms with Crippen LogP contribution in [0, 0.1) is 0 Å². The van der Waals surface area contributed by atoms with Crippen LogP contribution in [-0.4, -0.2) is 11.5 Å². The van der Waals surface area contributed by atoms with Crippen molar-refractivity contribution in [3.63, 3.8) is 0 Å². The molecular formula is C17H23ClN2S. The SMILES string of the molecule is CCCNCc1sc(Cc2cccc(Cl)c2)nc1C(C)C. The fraction of sp³-hybridized carbons (Fsp3) is 0.471. The average Bonchev–Trinajstić information content (AvgIpc) is 2.82. The van der Waals surface area contributed by atoms with E-state index in [2.05, 4.69) is 32.2 Å². The van der Waals surface area contributed by atoms with E-state index in [4.69, 9.17) is 16.6 Å². The molecule has 4 heteroatoms. The summed E-state index contributed by atoms with van der Waals surface area (Å²) >= 11 is 7.88. The molecule has 0 unspecified atom stereocenters. The summed E-state index contributed by atoms with van der Waals surface area (Å²) in [5, 5.41) is 5.45. The van der Waals surface area contributed by atoms with Gasteiger partial charge in [0.05, 0.1) is 10.7 Å². The van der Waals surface area contributed by atoms with Crippen LogP contribution in [0.2, 0.25) is 5.02 Å². The zero-order chi connectivity index (χ0) is 15.2. The molecule has 0 aliphatic rings. The van der Waals surface area contributed by atoms with Crippen molar-refractivity contribution < 1.29 is 0 Å². The molecule has 0 fully saturated rings. The summed E-state index contributed by atoms with van der Waals surface area (Å²) in [5.41, 5.74) is 2.46. The first-order valence-corrected chi connectivity index (χ1v) is 8.73. The maximum Gasteiger partial charge on any atom is 0.0975 e. The molecule has 0 aliphatic heterocycles. The number of aromatic nitrogens is 1. The van der Waals surface area contributed by atoms with E-state index >= 15 is 0 Å². The van der Waals surface area contributed by atoms with Gasteiger partial charge in [0.2, 0.25) is 0 Å². The van der Waals surface area contributed by atoms with Gasteiger partial charge in [-0.2, -0.15) is 0 Å². The second-order valence-electron chi connectivity index (χ2n) is 5.55. The fourth-order valence-corrected chi connectivity index (χ4v) is 3.71. The Morgan fingerprint density at radius 3 is 2.81 bits per heavy atom. The summed E-state index contributed by atoms with van der Waals surface area (Å²) in [5.74, 6) is 0.466. The molecule has 0 atom stereocenters. The van der Waals surface area contributed by atoms with Crippen molar-refractivity contribution in [1.29, 1.82) is 0 Å². The Morgan fingerprint density at radius 2 is 2.14 bits per heavy atom. The van der Waals surface area contributed by atoms with Gasteiger partial charge >= 0.3 is 0 Å². The first-order valence-electron chi connectivity index (χ1n) is 7.53. The van der Waals surface area contributed by atoms with Crippen molar-refractivity contribution in [2.24, 2.45) is 0 Å². The maximum absolute atomic E-state index is 6.06. The highest BCUT2D eigenvalue weighted by Gasteiger charge is 2.14. The zero-order valence-electron chi connectivity index (χ0n) is 12.9. The third-order valence-corrected chi connectivity index (χ3v) is 4.58. The molecule has 0 saturated heterocycles. The van der Waals surface area contributed by atoms with Gasteiger partial charge in [-0.15, -0.1) is 11.3 Å². The van der Waals surface area contributed by atoms with Gasteiger partial charge in [-0.05, 0) is 36.6 Å². The lowest BCUT2D eigenvalue weighted by Gasteiger charge is -2.05. The zero-order valence-corrected chi connectivity index (χ0v) is 14.5. The molecule has 0 aliphatic carbocycles. The van der Waals surface area contributed by atoms with E-state index in [9.17, 15) is 0 Å². The summed E-state index contributed by atoms with van der Waals surface area (Å²) in [6.07, 6.45) is 2.02. The normalized spacial score (nSPS) is 11.3. The maximum atomic E-state index is 6.06. The van der Waals surface area contributed by atoms with Crippen LogP contribution in [0.5, 0.6) is 0 Å². The number of halogens is 1. The largest absolute Gasteiger partial charge is 0.312 e. The summed E-state index contributed by atoms with van der Waals surface area (Å²) in [6, 6.07) is 8.04. The molecule has 21 heavy (non-hydrogen) atoms. The number of nitrogens with one attached hydrogen (secondary N) is 1. The second kappa shape index (κ2) is 7.92. The van der Waals surface area contributed by atoms with Crippen molar-refractivity contribution in [3.05, 3.63) is 50.4 Å². The minimum absolute atomic E-state index is 0.466. The highest BCUT2D eigenvalue weighted by Crippen LogP contribution is 2.27. The molecule has 0 radical (unpaired) electrons. The van der Waals surface area contributed by atoms with Crippen LogP contribution in [0.3, 0.4) is 0 Å². The highest BCUT2D eigenvalue weighted by atomic mass is 35.5. The van der Waals surface area contributed by atoms with E-state index in [0.717, 1.165) is 31.0 Å². The van der Waals surface area contributed by atoms with Crippen molar-refractivity contribution in [2.45, 2.75) is 46.1 Å². The Bertz CT molecular complexity index is 578. The van der Waals surface area contributed by atoms with Crippen LogP contribution in [0.25, 0.3) is 0 Å². The molecule has 0 spiro atoms. The molecular weight excluding hydrogens is 300 g/mol. The Labute approximate surface area is 136 Å². The van der Waals surface area contributed by atoms with Gasteiger partial charge in [0.15, 0.2) is 0 Å². The van der Waals surface area contributed by atoms with E-state index < -0.39 is 0 Å². The van der Waals surface area contributed by atoms with Gasteiger partial charge in [-0.1, -0.05) is 44.5 Å². The number of benzene rings is 1. The van der Waals surface area contributed by atoms with Crippen molar-refractivity contribution in [1.82, 2.24) is 10.3 Å². The average molecular weight is 323 g/mol. The first-order chi connectivity index (χ1) is 10.1.